The lowest BCUT2D eigenvalue weighted by Crippen LogP contribution is -2.24. The number of aromatic carboxylic acids is 1. The van der Waals surface area contributed by atoms with E-state index >= 15 is 0 Å². The number of nitrogens with two attached hydrogens (primary N) is 1. The van der Waals surface area contributed by atoms with Crippen LogP contribution in [0.25, 0.3) is 44.5 Å². The van der Waals surface area contributed by atoms with Gasteiger partial charge in [-0.1, -0.05) is 11.8 Å². The normalized spacial score (nSPS) is 17.0. The maximum atomic E-state index is 13.7. The number of hydrogen-bond acceptors (Lipinski definition) is 14. The zero-order chi connectivity index (χ0) is 47.2. The molecule has 3 aliphatic rings. The molecular formula is C39H41N7O16P3+. The lowest BCUT2D eigenvalue weighted by molar-refractivity contribution is -0.0202. The molecule has 4 heterocycles. The molecule has 2 aromatic carbocycles. The van der Waals surface area contributed by atoms with Gasteiger partial charge in [0.25, 0.3) is 11.5 Å². The Hall–Kier alpha value is -5.98. The van der Waals surface area contributed by atoms with E-state index in [1.54, 1.807) is 0 Å². The molecule has 4 aromatic rings. The maximum Gasteiger partial charge on any atom is 0.490 e. The van der Waals surface area contributed by atoms with Gasteiger partial charge in [0, 0.05) is 60.2 Å². The molecule has 342 valence electrons. The minimum absolute atomic E-state index is 0.0247. The number of hydrogen-bond donors (Lipinski definition) is 8. The van der Waals surface area contributed by atoms with E-state index in [0.29, 0.717) is 27.9 Å². The molecule has 2 aliphatic heterocycles. The monoisotopic (exact) mass is 956 g/mol. The number of carboxylic acid groups (broad SMARTS) is 1. The molecular weight excluding hydrogens is 915 g/mol. The number of amides is 1. The summed E-state index contributed by atoms with van der Waals surface area (Å²) in [7, 11) is -9.17. The fourth-order valence-electron chi connectivity index (χ4n) is 7.14. The first kappa shape index (κ1) is 47.0. The van der Waals surface area contributed by atoms with Crippen molar-refractivity contribution in [1.29, 1.82) is 0 Å². The Morgan fingerprint density at radius 3 is 2.46 bits per heavy atom. The Kier molecular flexibility index (Phi) is 13.1. The number of carboxylic acids is 1. The van der Waals surface area contributed by atoms with E-state index in [-0.39, 0.29) is 58.6 Å². The molecule has 2 aromatic heterocycles. The minimum atomic E-state index is -5.73. The highest BCUT2D eigenvalue weighted by atomic mass is 31.3. The topological polar surface area (TPSA) is 332 Å². The van der Waals surface area contributed by atoms with Crippen molar-refractivity contribution < 1.29 is 70.3 Å². The Balaban J connectivity index is 1.13. The average Bonchev–Trinajstić information content (AvgIpc) is 3.83. The zero-order valence-corrected chi connectivity index (χ0v) is 37.4. The highest BCUT2D eigenvalue weighted by Gasteiger charge is 2.41. The summed E-state index contributed by atoms with van der Waals surface area (Å²) in [5.41, 5.74) is 8.33. The molecule has 2 unspecified atom stereocenters. The molecule has 1 amide bonds. The number of nitrogen functional groups attached to an aromatic ring is 1. The molecule has 0 radical (unpaired) electrons. The second kappa shape index (κ2) is 18.1. The molecule has 9 N–H and O–H groups in total. The van der Waals surface area contributed by atoms with Gasteiger partial charge in [0.15, 0.2) is 5.65 Å². The van der Waals surface area contributed by atoms with Gasteiger partial charge >= 0.3 is 29.4 Å². The third-order valence-corrected chi connectivity index (χ3v) is 13.8. The summed E-state index contributed by atoms with van der Waals surface area (Å²) < 4.78 is 62.7. The van der Waals surface area contributed by atoms with Crippen LogP contribution in [-0.2, 0) is 31.6 Å². The van der Waals surface area contributed by atoms with Crippen LogP contribution in [0.3, 0.4) is 0 Å². The summed E-state index contributed by atoms with van der Waals surface area (Å²) >= 11 is 0. The first-order valence-corrected chi connectivity index (χ1v) is 23.7. The van der Waals surface area contributed by atoms with Crippen molar-refractivity contribution in [3.05, 3.63) is 93.2 Å². The SMILES string of the molecule is CN(C)c1ccc2c(-c3cc(C(=O)NCC#Cc4cn([C@H]5CC[C@@H](COP(=O)(O)OP(=O)(O)OP(=O)(O)O)O5)c5nc(N)[nH]c(=O)c45)ccc3C(=O)O)c3ccc(=[N+](C)C)cc-3oc2c1. The highest BCUT2D eigenvalue weighted by molar-refractivity contribution is 7.66. The zero-order valence-electron chi connectivity index (χ0n) is 34.7. The Labute approximate surface area is 367 Å². The smallest absolute Gasteiger partial charge is 0.478 e. The second-order valence-electron chi connectivity index (χ2n) is 15.0. The van der Waals surface area contributed by atoms with Gasteiger partial charge in [-0.05, 0) is 54.8 Å². The van der Waals surface area contributed by atoms with Gasteiger partial charge in [-0.15, -0.1) is 0 Å². The van der Waals surface area contributed by atoms with Crippen molar-refractivity contribution in [2.45, 2.75) is 25.2 Å². The van der Waals surface area contributed by atoms with E-state index in [1.807, 2.05) is 74.1 Å². The summed E-state index contributed by atoms with van der Waals surface area (Å²) in [6.45, 7) is -0.910. The summed E-state index contributed by atoms with van der Waals surface area (Å²) in [6.07, 6.45) is 0.0688. The number of benzene rings is 3. The number of phosphoric ester groups is 1. The first-order chi connectivity index (χ1) is 30.5. The van der Waals surface area contributed by atoms with Crippen LogP contribution in [0.4, 0.5) is 11.6 Å². The van der Waals surface area contributed by atoms with Crippen molar-refractivity contribution in [2.24, 2.45) is 0 Å². The van der Waals surface area contributed by atoms with Gasteiger partial charge in [0.1, 0.15) is 31.7 Å². The third kappa shape index (κ3) is 10.6. The second-order valence-corrected chi connectivity index (χ2v) is 19.4. The molecule has 65 heavy (non-hydrogen) atoms. The third-order valence-electron chi connectivity index (χ3n) is 10.00. The maximum absolute atomic E-state index is 13.7. The number of nitrogens with one attached hydrogen (secondary N) is 2. The van der Waals surface area contributed by atoms with Crippen molar-refractivity contribution >= 4 is 69.0 Å². The molecule has 0 spiro atoms. The molecule has 0 saturated carbocycles. The molecule has 26 heteroatoms. The average molecular weight is 957 g/mol. The van der Waals surface area contributed by atoms with Crippen LogP contribution in [-0.4, -0.2) is 98.5 Å². The molecule has 4 atom stereocenters. The van der Waals surface area contributed by atoms with E-state index in [0.717, 1.165) is 11.0 Å². The van der Waals surface area contributed by atoms with Gasteiger partial charge in [-0.3, -0.25) is 19.1 Å². The number of carbonyl (C=O) groups is 2. The lowest BCUT2D eigenvalue weighted by atomic mass is 9.89. The van der Waals surface area contributed by atoms with E-state index in [4.69, 9.17) is 29.2 Å². The van der Waals surface area contributed by atoms with Crippen LogP contribution < -0.4 is 31.4 Å². The first-order valence-electron chi connectivity index (χ1n) is 19.2. The molecule has 1 aliphatic carbocycles. The summed E-state index contributed by atoms with van der Waals surface area (Å²) in [6, 6.07) is 15.4. The van der Waals surface area contributed by atoms with Crippen molar-refractivity contribution in [2.75, 3.05) is 52.0 Å². The molecule has 7 rings (SSSR count). The fourth-order valence-corrected chi connectivity index (χ4v) is 10.2. The van der Waals surface area contributed by atoms with E-state index in [2.05, 4.69) is 35.7 Å². The van der Waals surface area contributed by atoms with E-state index < -0.39 is 59.8 Å². The van der Waals surface area contributed by atoms with E-state index in [1.165, 1.54) is 29.0 Å². The van der Waals surface area contributed by atoms with Gasteiger partial charge in [-0.2, -0.15) is 13.6 Å². The van der Waals surface area contributed by atoms with Crippen LogP contribution in [0.2, 0.25) is 0 Å². The summed E-state index contributed by atoms with van der Waals surface area (Å²) in [5.74, 6) is 4.15. The van der Waals surface area contributed by atoms with Crippen LogP contribution in [0.15, 0.2) is 70.0 Å². The number of rotatable bonds is 13. The number of aromatic nitrogens is 3. The molecule has 0 bridgehead atoms. The van der Waals surface area contributed by atoms with Crippen molar-refractivity contribution in [1.82, 2.24) is 24.4 Å². The highest BCUT2D eigenvalue weighted by Crippen LogP contribution is 2.66. The Bertz CT molecular complexity index is 3220. The van der Waals surface area contributed by atoms with Crippen molar-refractivity contribution in [3.63, 3.8) is 0 Å². The lowest BCUT2D eigenvalue weighted by Gasteiger charge is -2.19. The largest absolute Gasteiger partial charge is 0.490 e. The molecule has 23 nitrogen and oxygen atoms in total. The van der Waals surface area contributed by atoms with Crippen molar-refractivity contribution in [3.8, 4) is 34.3 Å². The number of phosphoric acid groups is 3. The molecule has 1 fully saturated rings. The standard InChI is InChI=1S/C39H40N7O16P3/c1-44(2)23-8-12-27-30(17-23)60-31-18-24(45(3)4)9-13-28(31)34(27)29-16-21(7-11-26(29)38(49)50)36(47)41-15-5-6-22-19-46(35-33(22)37(48)43-39(40)42-35)32-14-10-25(59-32)20-58-64(54,55)62-65(56,57)61-63(51,52)53/h7-9,11-13,16-19,25,32H,10,14-15,20H2,1-4H3,(H8-,40,41,42,43,47,48,49,50,51,52,53,54,55,56,57)/p+1/t25-,32+/m0/s1. The van der Waals surface area contributed by atoms with Crippen LogP contribution in [0.5, 0.6) is 0 Å². The van der Waals surface area contributed by atoms with Crippen LogP contribution in [0, 0.1) is 11.8 Å². The predicted octanol–water partition coefficient (Wildman–Crippen LogP) is 3.42. The van der Waals surface area contributed by atoms with Gasteiger partial charge in [0.2, 0.25) is 11.3 Å². The number of fused-ring (bicyclic) bond motifs is 3. The number of carbonyl (C=O) groups excluding carboxylic acids is 1. The van der Waals surface area contributed by atoms with Gasteiger partial charge in [-0.25, -0.2) is 23.1 Å². The molecule has 1 saturated heterocycles. The van der Waals surface area contributed by atoms with Crippen LogP contribution in [0.1, 0.15) is 45.3 Å². The number of aromatic amines is 1. The number of nitrogens with zero attached hydrogens (tertiary/aromatic N) is 4. The summed E-state index contributed by atoms with van der Waals surface area (Å²) in [5, 5.41) is 14.6. The number of H-pyrrole nitrogens is 1. The quantitative estimate of drug-likeness (QED) is 0.0356. The summed E-state index contributed by atoms with van der Waals surface area (Å²) in [4.78, 5) is 84.8. The fraction of sp³-hybridized carbons (Fsp3) is 0.256. The van der Waals surface area contributed by atoms with Crippen LogP contribution >= 0.6 is 23.5 Å². The number of ether oxygens (including phenoxy) is 1. The Morgan fingerprint density at radius 2 is 1.77 bits per heavy atom. The van der Waals surface area contributed by atoms with Gasteiger partial charge in [0.05, 0.1) is 41.8 Å². The van der Waals surface area contributed by atoms with Gasteiger partial charge < -0.3 is 54.4 Å². The number of anilines is 2. The Morgan fingerprint density at radius 1 is 1.02 bits per heavy atom. The predicted molar refractivity (Wildman–Crippen MR) is 234 cm³/mol. The minimum Gasteiger partial charge on any atom is -0.478 e. The van der Waals surface area contributed by atoms with E-state index in [9.17, 15) is 43.0 Å².